The molecule has 8 nitrogen and oxygen atoms in total. The number of anilines is 1. The Morgan fingerprint density at radius 2 is 1.71 bits per heavy atom. The third kappa shape index (κ3) is 7.77. The molecule has 1 amide bonds. The fourth-order valence-electron chi connectivity index (χ4n) is 4.52. The molecule has 0 atom stereocenters. The zero-order valence-corrected chi connectivity index (χ0v) is 24.2. The third-order valence-electron chi connectivity index (χ3n) is 6.77. The second kappa shape index (κ2) is 13.5. The van der Waals surface area contributed by atoms with E-state index in [1.54, 1.807) is 19.2 Å². The number of aromatic amines is 1. The first kappa shape index (κ1) is 31.0. The zero-order chi connectivity index (χ0) is 32.0. The molecule has 2 aromatic heterocycles. The number of nitrogens with one attached hydrogen (secondary N) is 2. The number of halogens is 4. The van der Waals surface area contributed by atoms with Crippen LogP contribution < -0.4 is 19.5 Å². The van der Waals surface area contributed by atoms with Crippen LogP contribution in [-0.2, 0) is 24.0 Å². The Labute approximate surface area is 256 Å². The number of hydrogen-bond donors (Lipinski definition) is 2. The normalized spacial score (nSPS) is 11.2. The maximum Gasteiger partial charge on any atom is 0.416 e. The van der Waals surface area contributed by atoms with Gasteiger partial charge in [0.05, 0.1) is 31.9 Å². The number of carbonyl (C=O) groups excluding carboxylic acids is 1. The van der Waals surface area contributed by atoms with Crippen LogP contribution in [0.1, 0.15) is 23.6 Å². The first-order chi connectivity index (χ1) is 21.6. The lowest BCUT2D eigenvalue weighted by molar-refractivity contribution is -0.137. The number of amides is 1. The SMILES string of the molecule is CCOc1cc(-c2ccc(CC(=O)Nc3cc(-c4cn[nH]c4)cc(C(F)(F)F)c3)c(F)c2)cnc1OCc1ccc(OC)cc1. The van der Waals surface area contributed by atoms with Gasteiger partial charge in [-0.05, 0) is 71.6 Å². The van der Waals surface area contributed by atoms with Crippen LogP contribution in [0.5, 0.6) is 17.4 Å². The molecule has 2 N–H and O–H groups in total. The van der Waals surface area contributed by atoms with E-state index in [1.807, 2.05) is 31.2 Å². The molecule has 0 bridgehead atoms. The van der Waals surface area contributed by atoms with Crippen molar-refractivity contribution in [1.29, 1.82) is 0 Å². The van der Waals surface area contributed by atoms with Crippen LogP contribution in [0.15, 0.2) is 85.3 Å². The summed E-state index contributed by atoms with van der Waals surface area (Å²) in [7, 11) is 1.59. The van der Waals surface area contributed by atoms with Gasteiger partial charge < -0.3 is 19.5 Å². The topological polar surface area (TPSA) is 98.4 Å². The highest BCUT2D eigenvalue weighted by molar-refractivity contribution is 5.93. The van der Waals surface area contributed by atoms with Crippen LogP contribution in [0, 0.1) is 5.82 Å². The summed E-state index contributed by atoms with van der Waals surface area (Å²) < 4.78 is 72.5. The van der Waals surface area contributed by atoms with Crippen LogP contribution in [-0.4, -0.2) is 34.8 Å². The Bertz CT molecular complexity index is 1780. The van der Waals surface area contributed by atoms with Gasteiger partial charge in [-0.2, -0.15) is 18.3 Å². The quantitative estimate of drug-likeness (QED) is 0.149. The number of aromatic nitrogens is 3. The van der Waals surface area contributed by atoms with Gasteiger partial charge in [0.1, 0.15) is 18.2 Å². The predicted molar refractivity (Wildman–Crippen MR) is 159 cm³/mol. The molecule has 2 heterocycles. The van der Waals surface area contributed by atoms with Gasteiger partial charge in [-0.3, -0.25) is 9.89 Å². The summed E-state index contributed by atoms with van der Waals surface area (Å²) in [6, 6.07) is 16.6. The van der Waals surface area contributed by atoms with Crippen molar-refractivity contribution in [3.8, 4) is 39.6 Å². The molecule has 0 spiro atoms. The highest BCUT2D eigenvalue weighted by Gasteiger charge is 2.31. The molecule has 0 unspecified atom stereocenters. The van der Waals surface area contributed by atoms with Crippen LogP contribution in [0.4, 0.5) is 23.2 Å². The Kier molecular flexibility index (Phi) is 9.31. The molecule has 0 aliphatic rings. The van der Waals surface area contributed by atoms with E-state index in [0.29, 0.717) is 29.0 Å². The molecule has 0 saturated carbocycles. The van der Waals surface area contributed by atoms with E-state index in [1.165, 1.54) is 36.8 Å². The molecule has 0 radical (unpaired) electrons. The number of rotatable bonds is 11. The van der Waals surface area contributed by atoms with Crippen molar-refractivity contribution in [2.45, 2.75) is 26.1 Å². The summed E-state index contributed by atoms with van der Waals surface area (Å²) in [5.74, 6) is 0.0334. The lowest BCUT2D eigenvalue weighted by Gasteiger charge is -2.14. The van der Waals surface area contributed by atoms with Gasteiger partial charge in [0, 0.05) is 29.2 Å². The summed E-state index contributed by atoms with van der Waals surface area (Å²) in [5.41, 5.74) is 1.61. The average molecular weight is 621 g/mol. The van der Waals surface area contributed by atoms with Gasteiger partial charge in [0.2, 0.25) is 5.91 Å². The summed E-state index contributed by atoms with van der Waals surface area (Å²) in [6.45, 7) is 2.41. The average Bonchev–Trinajstić information content (AvgIpc) is 3.57. The molecule has 0 aliphatic carbocycles. The molecule has 0 saturated heterocycles. The number of carbonyl (C=O) groups is 1. The number of H-pyrrole nitrogens is 1. The Hall–Kier alpha value is -5.39. The van der Waals surface area contributed by atoms with Crippen molar-refractivity contribution in [2.24, 2.45) is 0 Å². The van der Waals surface area contributed by atoms with E-state index in [0.717, 1.165) is 23.4 Å². The van der Waals surface area contributed by atoms with Crippen molar-refractivity contribution in [3.05, 3.63) is 108 Å². The minimum atomic E-state index is -4.64. The van der Waals surface area contributed by atoms with Crippen molar-refractivity contribution in [2.75, 3.05) is 19.0 Å². The van der Waals surface area contributed by atoms with Crippen LogP contribution in [0.3, 0.4) is 0 Å². The van der Waals surface area contributed by atoms with Crippen molar-refractivity contribution in [3.63, 3.8) is 0 Å². The summed E-state index contributed by atoms with van der Waals surface area (Å²) in [6.07, 6.45) is -0.705. The van der Waals surface area contributed by atoms with Crippen LogP contribution in [0.2, 0.25) is 0 Å². The second-order valence-corrected chi connectivity index (χ2v) is 9.91. The Morgan fingerprint density at radius 3 is 2.38 bits per heavy atom. The zero-order valence-electron chi connectivity index (χ0n) is 24.2. The third-order valence-corrected chi connectivity index (χ3v) is 6.77. The van der Waals surface area contributed by atoms with E-state index in [9.17, 15) is 18.0 Å². The minimum Gasteiger partial charge on any atom is -0.497 e. The summed E-state index contributed by atoms with van der Waals surface area (Å²) >= 11 is 0. The fraction of sp³-hybridized carbons (Fsp3) is 0.182. The number of nitrogens with zero attached hydrogens (tertiary/aromatic N) is 2. The van der Waals surface area contributed by atoms with Crippen LogP contribution >= 0.6 is 0 Å². The van der Waals surface area contributed by atoms with E-state index in [2.05, 4.69) is 20.5 Å². The smallest absolute Gasteiger partial charge is 0.416 e. The van der Waals surface area contributed by atoms with E-state index in [4.69, 9.17) is 14.2 Å². The highest BCUT2D eigenvalue weighted by Crippen LogP contribution is 2.35. The van der Waals surface area contributed by atoms with Gasteiger partial charge in [-0.15, -0.1) is 0 Å². The number of pyridine rings is 1. The molecule has 232 valence electrons. The van der Waals surface area contributed by atoms with Gasteiger partial charge in [-0.1, -0.05) is 24.3 Å². The first-order valence-electron chi connectivity index (χ1n) is 13.8. The molecule has 3 aromatic carbocycles. The molecule has 12 heteroatoms. The molecular formula is C33H28F4N4O4. The summed E-state index contributed by atoms with van der Waals surface area (Å²) in [5, 5.41) is 8.76. The minimum absolute atomic E-state index is 0.0655. The fourth-order valence-corrected chi connectivity index (χ4v) is 4.52. The predicted octanol–water partition coefficient (Wildman–Crippen LogP) is 7.46. The van der Waals surface area contributed by atoms with Gasteiger partial charge >= 0.3 is 6.18 Å². The van der Waals surface area contributed by atoms with Gasteiger partial charge in [0.15, 0.2) is 5.75 Å². The van der Waals surface area contributed by atoms with Crippen molar-refractivity contribution >= 4 is 11.6 Å². The van der Waals surface area contributed by atoms with Gasteiger partial charge in [-0.25, -0.2) is 9.37 Å². The molecule has 5 aromatic rings. The monoisotopic (exact) mass is 620 g/mol. The largest absolute Gasteiger partial charge is 0.497 e. The molecule has 0 aliphatic heterocycles. The maximum absolute atomic E-state index is 15.2. The lowest BCUT2D eigenvalue weighted by atomic mass is 10.0. The number of benzene rings is 3. The second-order valence-electron chi connectivity index (χ2n) is 9.91. The number of hydrogen-bond acceptors (Lipinski definition) is 6. The molecule has 0 fully saturated rings. The highest BCUT2D eigenvalue weighted by atomic mass is 19.4. The Morgan fingerprint density at radius 1 is 0.911 bits per heavy atom. The number of alkyl halides is 3. The van der Waals surface area contributed by atoms with Crippen LogP contribution in [0.25, 0.3) is 22.3 Å². The first-order valence-corrected chi connectivity index (χ1v) is 13.8. The van der Waals surface area contributed by atoms with Crippen molar-refractivity contribution < 1.29 is 36.6 Å². The van der Waals surface area contributed by atoms with E-state index >= 15 is 4.39 Å². The van der Waals surface area contributed by atoms with E-state index in [-0.39, 0.29) is 29.3 Å². The van der Waals surface area contributed by atoms with Gasteiger partial charge in [0.25, 0.3) is 5.88 Å². The Balaban J connectivity index is 1.29. The lowest BCUT2D eigenvalue weighted by Crippen LogP contribution is -2.16. The molecule has 5 rings (SSSR count). The number of ether oxygens (including phenoxy) is 3. The standard InChI is InChI=1S/C33H28F4N4O4/c1-3-44-30-13-24(16-38-32(30)45-19-20-4-8-28(43-2)9-5-20)21-6-7-22(29(34)12-21)14-31(42)41-27-11-23(25-17-39-40-18-25)10-26(15-27)33(35,36)37/h4-13,15-18H,3,14,19H2,1-2H3,(H,39,40)(H,41,42). The van der Waals surface area contributed by atoms with Crippen molar-refractivity contribution in [1.82, 2.24) is 15.2 Å². The maximum atomic E-state index is 15.2. The molecule has 45 heavy (non-hydrogen) atoms. The number of methoxy groups -OCH3 is 1. The van der Waals surface area contributed by atoms with E-state index < -0.39 is 29.9 Å². The molecular weight excluding hydrogens is 592 g/mol. The summed E-state index contributed by atoms with van der Waals surface area (Å²) in [4.78, 5) is 17.1.